The number of rotatable bonds is 6. The predicted molar refractivity (Wildman–Crippen MR) is 58.1 cm³/mol. The highest BCUT2D eigenvalue weighted by molar-refractivity contribution is 5.79. The quantitative estimate of drug-likeness (QED) is 0.715. The van der Waals surface area contributed by atoms with Crippen LogP contribution in [0.15, 0.2) is 0 Å². The van der Waals surface area contributed by atoms with Crippen LogP contribution in [-0.2, 0) is 9.59 Å². The van der Waals surface area contributed by atoms with Crippen LogP contribution in [0, 0.1) is 0 Å². The number of nitrogens with two attached hydrogens (primary N) is 1. The lowest BCUT2D eigenvalue weighted by molar-refractivity contribution is -0.129. The Kier molecular flexibility index (Phi) is 4.59. The van der Waals surface area contributed by atoms with Gasteiger partial charge in [0.05, 0.1) is 0 Å². The SMILES string of the molecule is CCCCN1C(=O)CCC1CCC(N)=O. The van der Waals surface area contributed by atoms with E-state index in [2.05, 4.69) is 6.92 Å². The fourth-order valence-electron chi connectivity index (χ4n) is 2.04. The van der Waals surface area contributed by atoms with Gasteiger partial charge in [0.1, 0.15) is 0 Å². The van der Waals surface area contributed by atoms with E-state index in [4.69, 9.17) is 5.73 Å². The molecule has 0 aromatic carbocycles. The maximum atomic E-state index is 11.5. The first kappa shape index (κ1) is 12.0. The number of carbonyl (C=O) groups excluding carboxylic acids is 2. The fraction of sp³-hybridized carbons (Fsp3) is 0.818. The Morgan fingerprint density at radius 1 is 1.60 bits per heavy atom. The Hall–Kier alpha value is -1.06. The average Bonchev–Trinajstić information content (AvgIpc) is 2.53. The average molecular weight is 212 g/mol. The van der Waals surface area contributed by atoms with Gasteiger partial charge in [-0.25, -0.2) is 0 Å². The van der Waals surface area contributed by atoms with Crippen LogP contribution in [0.1, 0.15) is 45.4 Å². The lowest BCUT2D eigenvalue weighted by Crippen LogP contribution is -2.34. The Bertz CT molecular complexity index is 241. The van der Waals surface area contributed by atoms with Gasteiger partial charge in [0.15, 0.2) is 0 Å². The van der Waals surface area contributed by atoms with E-state index in [1.165, 1.54) is 0 Å². The highest BCUT2D eigenvalue weighted by atomic mass is 16.2. The number of nitrogens with zero attached hydrogens (tertiary/aromatic N) is 1. The number of carbonyl (C=O) groups is 2. The molecule has 0 aromatic heterocycles. The van der Waals surface area contributed by atoms with Crippen molar-refractivity contribution in [2.75, 3.05) is 6.54 Å². The van der Waals surface area contributed by atoms with Crippen molar-refractivity contribution in [3.63, 3.8) is 0 Å². The van der Waals surface area contributed by atoms with E-state index in [9.17, 15) is 9.59 Å². The van der Waals surface area contributed by atoms with Crippen LogP contribution >= 0.6 is 0 Å². The van der Waals surface area contributed by atoms with Gasteiger partial charge in [-0.3, -0.25) is 9.59 Å². The number of hydrogen-bond acceptors (Lipinski definition) is 2. The number of primary amides is 1. The molecule has 0 aromatic rings. The van der Waals surface area contributed by atoms with Gasteiger partial charge in [-0.05, 0) is 19.3 Å². The third-order valence-corrected chi connectivity index (χ3v) is 2.93. The maximum Gasteiger partial charge on any atom is 0.222 e. The molecule has 0 bridgehead atoms. The molecular weight excluding hydrogens is 192 g/mol. The number of hydrogen-bond donors (Lipinski definition) is 1. The summed E-state index contributed by atoms with van der Waals surface area (Å²) in [5.74, 6) is -0.0392. The molecule has 1 atom stereocenters. The van der Waals surface area contributed by atoms with Crippen molar-refractivity contribution < 1.29 is 9.59 Å². The van der Waals surface area contributed by atoms with Crippen LogP contribution in [0.3, 0.4) is 0 Å². The molecule has 15 heavy (non-hydrogen) atoms. The van der Waals surface area contributed by atoms with E-state index >= 15 is 0 Å². The van der Waals surface area contributed by atoms with Crippen LogP contribution in [0.4, 0.5) is 0 Å². The van der Waals surface area contributed by atoms with Gasteiger partial charge in [0.2, 0.25) is 11.8 Å². The van der Waals surface area contributed by atoms with E-state index in [0.29, 0.717) is 12.8 Å². The number of likely N-dealkylation sites (tertiary alicyclic amines) is 1. The molecule has 0 aliphatic carbocycles. The molecule has 0 saturated carbocycles. The summed E-state index contributed by atoms with van der Waals surface area (Å²) in [4.78, 5) is 24.1. The van der Waals surface area contributed by atoms with Crippen molar-refractivity contribution >= 4 is 11.8 Å². The van der Waals surface area contributed by atoms with E-state index in [1.54, 1.807) is 0 Å². The molecule has 0 radical (unpaired) electrons. The van der Waals surface area contributed by atoms with E-state index < -0.39 is 0 Å². The summed E-state index contributed by atoms with van der Waals surface area (Å²) in [6.07, 6.45) is 4.76. The maximum absolute atomic E-state index is 11.5. The first-order valence-electron chi connectivity index (χ1n) is 5.73. The Labute approximate surface area is 90.8 Å². The van der Waals surface area contributed by atoms with Crippen molar-refractivity contribution in [3.05, 3.63) is 0 Å². The first-order valence-corrected chi connectivity index (χ1v) is 5.73. The van der Waals surface area contributed by atoms with Crippen LogP contribution in [0.25, 0.3) is 0 Å². The van der Waals surface area contributed by atoms with Crippen LogP contribution in [0.5, 0.6) is 0 Å². The molecule has 1 aliphatic rings. The topological polar surface area (TPSA) is 63.4 Å². The third kappa shape index (κ3) is 3.53. The molecule has 4 nitrogen and oxygen atoms in total. The van der Waals surface area contributed by atoms with Gasteiger partial charge in [-0.2, -0.15) is 0 Å². The Morgan fingerprint density at radius 2 is 2.33 bits per heavy atom. The largest absolute Gasteiger partial charge is 0.370 e. The molecule has 0 spiro atoms. The predicted octanol–water partition coefficient (Wildman–Crippen LogP) is 1.04. The lowest BCUT2D eigenvalue weighted by atomic mass is 10.1. The summed E-state index contributed by atoms with van der Waals surface area (Å²) in [7, 11) is 0. The second-order valence-electron chi connectivity index (χ2n) is 4.14. The van der Waals surface area contributed by atoms with Crippen LogP contribution < -0.4 is 5.73 Å². The van der Waals surface area contributed by atoms with Gasteiger partial charge in [0, 0.05) is 25.4 Å². The second kappa shape index (κ2) is 5.73. The second-order valence-corrected chi connectivity index (χ2v) is 4.14. The molecule has 1 unspecified atom stereocenters. The Balaban J connectivity index is 2.40. The standard InChI is InChI=1S/C11H20N2O2/c1-2-3-8-13-9(4-6-10(12)14)5-7-11(13)15/h9H,2-8H2,1H3,(H2,12,14). The molecule has 1 aliphatic heterocycles. The van der Waals surface area contributed by atoms with Gasteiger partial charge >= 0.3 is 0 Å². The summed E-state index contributed by atoms with van der Waals surface area (Å²) >= 11 is 0. The molecule has 1 heterocycles. The van der Waals surface area contributed by atoms with E-state index in [1.807, 2.05) is 4.90 Å². The zero-order valence-corrected chi connectivity index (χ0v) is 9.37. The molecule has 1 saturated heterocycles. The van der Waals surface area contributed by atoms with E-state index in [0.717, 1.165) is 32.2 Å². The highest BCUT2D eigenvalue weighted by Gasteiger charge is 2.29. The summed E-state index contributed by atoms with van der Waals surface area (Å²) in [5.41, 5.74) is 5.11. The molecule has 4 heteroatoms. The smallest absolute Gasteiger partial charge is 0.222 e. The monoisotopic (exact) mass is 212 g/mol. The molecule has 1 rings (SSSR count). The van der Waals surface area contributed by atoms with E-state index in [-0.39, 0.29) is 17.9 Å². The first-order chi connectivity index (χ1) is 7.15. The van der Waals surface area contributed by atoms with Crippen molar-refractivity contribution in [2.45, 2.75) is 51.5 Å². The summed E-state index contributed by atoms with van der Waals surface area (Å²) in [6.45, 7) is 2.94. The number of amides is 2. The minimum absolute atomic E-state index is 0.234. The summed E-state index contributed by atoms with van der Waals surface area (Å²) < 4.78 is 0. The van der Waals surface area contributed by atoms with Gasteiger partial charge in [-0.1, -0.05) is 13.3 Å². The zero-order valence-electron chi connectivity index (χ0n) is 9.37. The normalized spacial score (nSPS) is 21.0. The minimum Gasteiger partial charge on any atom is -0.370 e. The molecule has 86 valence electrons. The van der Waals surface area contributed by atoms with Crippen molar-refractivity contribution in [1.29, 1.82) is 0 Å². The van der Waals surface area contributed by atoms with Crippen molar-refractivity contribution in [3.8, 4) is 0 Å². The molecule has 2 amide bonds. The highest BCUT2D eigenvalue weighted by Crippen LogP contribution is 2.22. The zero-order chi connectivity index (χ0) is 11.3. The summed E-state index contributed by atoms with van der Waals surface area (Å²) in [5, 5.41) is 0. The van der Waals surface area contributed by atoms with Gasteiger partial charge in [-0.15, -0.1) is 0 Å². The lowest BCUT2D eigenvalue weighted by Gasteiger charge is -2.24. The van der Waals surface area contributed by atoms with Crippen LogP contribution in [-0.4, -0.2) is 29.3 Å². The third-order valence-electron chi connectivity index (χ3n) is 2.93. The molecular formula is C11H20N2O2. The molecule has 1 fully saturated rings. The molecule has 2 N–H and O–H groups in total. The Morgan fingerprint density at radius 3 is 2.93 bits per heavy atom. The summed E-state index contributed by atoms with van der Waals surface area (Å²) in [6, 6.07) is 0.247. The van der Waals surface area contributed by atoms with Crippen LogP contribution in [0.2, 0.25) is 0 Å². The van der Waals surface area contributed by atoms with Gasteiger partial charge in [0.25, 0.3) is 0 Å². The van der Waals surface area contributed by atoms with Crippen molar-refractivity contribution in [2.24, 2.45) is 5.73 Å². The number of unbranched alkanes of at least 4 members (excludes halogenated alkanes) is 1. The van der Waals surface area contributed by atoms with Gasteiger partial charge < -0.3 is 10.6 Å². The fourth-order valence-corrected chi connectivity index (χ4v) is 2.04. The minimum atomic E-state index is -0.273. The van der Waals surface area contributed by atoms with Crippen molar-refractivity contribution in [1.82, 2.24) is 4.90 Å².